The molecule has 8 nitrogen and oxygen atoms in total. The fourth-order valence-corrected chi connectivity index (χ4v) is 1.87. The van der Waals surface area contributed by atoms with Gasteiger partial charge in [0.05, 0.1) is 6.61 Å². The highest BCUT2D eigenvalue weighted by molar-refractivity contribution is 5.93. The van der Waals surface area contributed by atoms with E-state index in [2.05, 4.69) is 11.6 Å². The number of hydrogen-bond donors (Lipinski definition) is 5. The van der Waals surface area contributed by atoms with Crippen molar-refractivity contribution in [1.29, 1.82) is 0 Å². The quantitative estimate of drug-likeness (QED) is 0.367. The van der Waals surface area contributed by atoms with Crippen molar-refractivity contribution in [3.8, 4) is 0 Å². The Kier molecular flexibility index (Phi) is 3.64. The first-order chi connectivity index (χ1) is 8.58. The molecule has 1 unspecified atom stereocenters. The average Bonchev–Trinajstić information content (AvgIpc) is 2.66. The zero-order chi connectivity index (χ0) is 13.3. The summed E-state index contributed by atoms with van der Waals surface area (Å²) in [5.41, 5.74) is 1.87. The minimum absolute atomic E-state index is 0.197. The maximum Gasteiger partial charge on any atom is 0.164 e. The van der Waals surface area contributed by atoms with Crippen molar-refractivity contribution in [2.45, 2.75) is 24.5 Å². The molecule has 0 bridgehead atoms. The summed E-state index contributed by atoms with van der Waals surface area (Å²) in [6.45, 7) is 3.25. The Bertz CT molecular complexity index is 397. The largest absolute Gasteiger partial charge is 0.394 e. The zero-order valence-corrected chi connectivity index (χ0v) is 9.47. The predicted molar refractivity (Wildman–Crippen MR) is 60.2 cm³/mol. The van der Waals surface area contributed by atoms with Crippen LogP contribution in [0.25, 0.3) is 0 Å². The van der Waals surface area contributed by atoms with Crippen molar-refractivity contribution in [2.24, 2.45) is 4.99 Å². The lowest BCUT2D eigenvalue weighted by Crippen LogP contribution is -2.42. The molecule has 18 heavy (non-hydrogen) atoms. The number of amidine groups is 1. The van der Waals surface area contributed by atoms with Crippen molar-refractivity contribution in [3.63, 3.8) is 0 Å². The van der Waals surface area contributed by atoms with E-state index in [9.17, 15) is 10.2 Å². The van der Waals surface area contributed by atoms with Crippen LogP contribution in [0.5, 0.6) is 0 Å². The number of nitrogens with zero attached hydrogens (tertiary/aromatic N) is 2. The molecule has 0 aliphatic carbocycles. The number of hydrogen-bond acceptors (Lipinski definition) is 8. The summed E-state index contributed by atoms with van der Waals surface area (Å²) in [6.07, 6.45) is -1.17. The van der Waals surface area contributed by atoms with Gasteiger partial charge >= 0.3 is 0 Å². The molecule has 0 saturated carbocycles. The highest BCUT2D eigenvalue weighted by atomic mass is 16.6. The summed E-state index contributed by atoms with van der Waals surface area (Å²) in [5, 5.41) is 37.2. The van der Waals surface area contributed by atoms with Gasteiger partial charge in [-0.1, -0.05) is 6.58 Å². The molecule has 0 radical (unpaired) electrons. The van der Waals surface area contributed by atoms with Crippen molar-refractivity contribution in [3.05, 3.63) is 24.7 Å². The lowest BCUT2D eigenvalue weighted by atomic mass is 10.1. The summed E-state index contributed by atoms with van der Waals surface area (Å²) >= 11 is 0. The van der Waals surface area contributed by atoms with Gasteiger partial charge in [0.25, 0.3) is 0 Å². The molecule has 2 aliphatic heterocycles. The van der Waals surface area contributed by atoms with Crippen molar-refractivity contribution in [1.82, 2.24) is 10.4 Å². The molecule has 5 N–H and O–H groups in total. The topological polar surface area (TPSA) is 118 Å². The van der Waals surface area contributed by atoms with Gasteiger partial charge < -0.3 is 25.0 Å². The SMILES string of the molecule is C=C1N=C(NO)C=CN1[C@@H]1O[C@H](CO)[C@H](O)C1O. The summed E-state index contributed by atoms with van der Waals surface area (Å²) in [7, 11) is 0. The Balaban J connectivity index is 2.13. The van der Waals surface area contributed by atoms with E-state index in [4.69, 9.17) is 15.1 Å². The van der Waals surface area contributed by atoms with Crippen LogP contribution >= 0.6 is 0 Å². The normalized spacial score (nSPS) is 35.9. The van der Waals surface area contributed by atoms with Crippen LogP contribution in [-0.2, 0) is 4.74 Å². The van der Waals surface area contributed by atoms with E-state index in [1.165, 1.54) is 17.2 Å². The lowest BCUT2D eigenvalue weighted by Gasteiger charge is -2.30. The average molecular weight is 257 g/mol. The molecular formula is C10H15N3O5. The van der Waals surface area contributed by atoms with Crippen LogP contribution in [0.4, 0.5) is 0 Å². The van der Waals surface area contributed by atoms with Gasteiger partial charge in [-0.15, -0.1) is 0 Å². The number of nitrogens with one attached hydrogen (secondary N) is 1. The Morgan fingerprint density at radius 1 is 1.44 bits per heavy atom. The first kappa shape index (κ1) is 13.0. The molecule has 0 aromatic carbocycles. The molecule has 1 saturated heterocycles. The lowest BCUT2D eigenvalue weighted by molar-refractivity contribution is -0.0693. The molecule has 100 valence electrons. The number of rotatable bonds is 2. The second kappa shape index (κ2) is 5.04. The summed E-state index contributed by atoms with van der Waals surface area (Å²) in [4.78, 5) is 5.31. The van der Waals surface area contributed by atoms with Crippen molar-refractivity contribution < 1.29 is 25.3 Å². The molecular weight excluding hydrogens is 242 g/mol. The van der Waals surface area contributed by atoms with E-state index >= 15 is 0 Å². The van der Waals surface area contributed by atoms with E-state index in [0.717, 1.165) is 0 Å². The second-order valence-electron chi connectivity index (χ2n) is 3.98. The van der Waals surface area contributed by atoms with Crippen LogP contribution in [0.2, 0.25) is 0 Å². The van der Waals surface area contributed by atoms with E-state index in [1.807, 2.05) is 5.48 Å². The molecule has 2 heterocycles. The standard InChI is InChI=1S/C10H15N3O5/c1-5-11-7(12-17)2-3-13(5)10-9(16)8(15)6(4-14)18-10/h2-3,6,8-10,14-17H,1,4H2,(H,11,12)/t6-,8+,9?,10-/m1/s1. The third kappa shape index (κ3) is 2.11. The molecule has 1 fully saturated rings. The highest BCUT2D eigenvalue weighted by Crippen LogP contribution is 2.27. The smallest absolute Gasteiger partial charge is 0.164 e. The van der Waals surface area contributed by atoms with Gasteiger partial charge in [0, 0.05) is 6.20 Å². The summed E-state index contributed by atoms with van der Waals surface area (Å²) in [5.74, 6) is 0.423. The molecule has 2 aliphatic rings. The molecule has 0 aromatic heterocycles. The number of ether oxygens (including phenoxy) is 1. The summed E-state index contributed by atoms with van der Waals surface area (Å²) < 4.78 is 5.33. The Labute approximate surface area is 103 Å². The predicted octanol–water partition coefficient (Wildman–Crippen LogP) is -1.90. The maximum atomic E-state index is 9.84. The molecule has 0 aromatic rings. The Morgan fingerprint density at radius 2 is 2.17 bits per heavy atom. The summed E-state index contributed by atoms with van der Waals surface area (Å²) in [6, 6.07) is 0. The van der Waals surface area contributed by atoms with Crippen LogP contribution in [0, 0.1) is 0 Å². The van der Waals surface area contributed by atoms with Gasteiger partial charge in [0.15, 0.2) is 12.1 Å². The van der Waals surface area contributed by atoms with E-state index in [-0.39, 0.29) is 11.7 Å². The van der Waals surface area contributed by atoms with Crippen LogP contribution in [0.1, 0.15) is 0 Å². The third-order valence-electron chi connectivity index (χ3n) is 2.85. The second-order valence-corrected chi connectivity index (χ2v) is 3.98. The van der Waals surface area contributed by atoms with Crippen molar-refractivity contribution in [2.75, 3.05) is 6.61 Å². The zero-order valence-electron chi connectivity index (χ0n) is 9.47. The van der Waals surface area contributed by atoms with Gasteiger partial charge in [0.1, 0.15) is 24.1 Å². The third-order valence-corrected chi connectivity index (χ3v) is 2.85. The van der Waals surface area contributed by atoms with Gasteiger partial charge in [0.2, 0.25) is 0 Å². The highest BCUT2D eigenvalue weighted by Gasteiger charge is 2.45. The minimum Gasteiger partial charge on any atom is -0.394 e. The number of hydroxylamine groups is 1. The fourth-order valence-electron chi connectivity index (χ4n) is 1.87. The molecule has 2 rings (SSSR count). The number of aliphatic imine (C=N–C) groups is 1. The minimum atomic E-state index is -1.19. The van der Waals surface area contributed by atoms with E-state index in [0.29, 0.717) is 0 Å². The van der Waals surface area contributed by atoms with Gasteiger partial charge in [-0.2, -0.15) is 0 Å². The molecule has 8 heteroatoms. The number of aliphatic hydroxyl groups is 3. The first-order valence-corrected chi connectivity index (χ1v) is 5.35. The molecule has 0 spiro atoms. The van der Waals surface area contributed by atoms with Crippen molar-refractivity contribution >= 4 is 5.84 Å². The molecule has 0 amide bonds. The van der Waals surface area contributed by atoms with Gasteiger partial charge in [-0.3, -0.25) is 10.7 Å². The number of aliphatic hydroxyl groups excluding tert-OH is 3. The Morgan fingerprint density at radius 3 is 2.67 bits per heavy atom. The molecule has 4 atom stereocenters. The van der Waals surface area contributed by atoms with Crippen LogP contribution in [-0.4, -0.2) is 62.4 Å². The van der Waals surface area contributed by atoms with E-state index < -0.39 is 31.1 Å². The Hall–Kier alpha value is -1.45. The monoisotopic (exact) mass is 257 g/mol. The fraction of sp³-hybridized carbons (Fsp3) is 0.500. The van der Waals surface area contributed by atoms with E-state index in [1.54, 1.807) is 0 Å². The van der Waals surface area contributed by atoms with Crippen LogP contribution in [0.15, 0.2) is 29.7 Å². The van der Waals surface area contributed by atoms with Gasteiger partial charge in [-0.05, 0) is 6.08 Å². The van der Waals surface area contributed by atoms with Crippen LogP contribution in [0.3, 0.4) is 0 Å². The maximum absolute atomic E-state index is 9.84. The van der Waals surface area contributed by atoms with Gasteiger partial charge in [-0.25, -0.2) is 4.99 Å². The van der Waals surface area contributed by atoms with Crippen LogP contribution < -0.4 is 5.48 Å². The first-order valence-electron chi connectivity index (χ1n) is 5.35.